The molecule has 6 heteroatoms. The first kappa shape index (κ1) is 15.5. The van der Waals surface area contributed by atoms with Gasteiger partial charge in [0, 0.05) is 12.4 Å². The van der Waals surface area contributed by atoms with Gasteiger partial charge in [-0.05, 0) is 30.3 Å². The third-order valence-corrected chi connectivity index (χ3v) is 2.94. The van der Waals surface area contributed by atoms with Gasteiger partial charge in [0.05, 0.1) is 25.3 Å². The van der Waals surface area contributed by atoms with Crippen molar-refractivity contribution in [1.29, 1.82) is 0 Å². The summed E-state index contributed by atoms with van der Waals surface area (Å²) in [6.45, 7) is -0.392. The third-order valence-electron chi connectivity index (χ3n) is 2.94. The number of ketones is 1. The summed E-state index contributed by atoms with van der Waals surface area (Å²) in [6, 6.07) is 8.01. The molecule has 0 N–H and O–H groups in total. The fourth-order valence-electron chi connectivity index (χ4n) is 1.81. The zero-order valence-corrected chi connectivity index (χ0v) is 12.2. The maximum Gasteiger partial charge on any atom is 0.340 e. The zero-order chi connectivity index (χ0) is 15.9. The number of hydrogen-bond acceptors (Lipinski definition) is 6. The minimum Gasteiger partial charge on any atom is -0.497 e. The second-order valence-electron chi connectivity index (χ2n) is 4.31. The molecular weight excluding hydrogens is 286 g/mol. The quantitative estimate of drug-likeness (QED) is 0.601. The first-order valence-electron chi connectivity index (χ1n) is 6.48. The van der Waals surface area contributed by atoms with Crippen LogP contribution < -0.4 is 9.47 Å². The first-order valence-corrected chi connectivity index (χ1v) is 6.48. The highest BCUT2D eigenvalue weighted by molar-refractivity contribution is 6.01. The summed E-state index contributed by atoms with van der Waals surface area (Å²) in [5, 5.41) is 0. The molecule has 114 valence electrons. The van der Waals surface area contributed by atoms with E-state index in [0.29, 0.717) is 17.1 Å². The Balaban J connectivity index is 2.08. The number of methoxy groups -OCH3 is 2. The Morgan fingerprint density at radius 2 is 1.95 bits per heavy atom. The van der Waals surface area contributed by atoms with E-state index in [4.69, 9.17) is 14.2 Å². The van der Waals surface area contributed by atoms with Crippen LogP contribution in [0.5, 0.6) is 11.5 Å². The summed E-state index contributed by atoms with van der Waals surface area (Å²) < 4.78 is 15.2. The van der Waals surface area contributed by atoms with Crippen molar-refractivity contribution in [2.24, 2.45) is 0 Å². The van der Waals surface area contributed by atoms with E-state index in [1.54, 1.807) is 36.5 Å². The molecule has 0 aliphatic rings. The molecule has 0 spiro atoms. The van der Waals surface area contributed by atoms with Gasteiger partial charge in [0.15, 0.2) is 6.61 Å². The maximum absolute atomic E-state index is 12.2. The molecule has 0 atom stereocenters. The molecule has 0 bridgehead atoms. The van der Waals surface area contributed by atoms with Crippen LogP contribution in [0.2, 0.25) is 0 Å². The van der Waals surface area contributed by atoms with Gasteiger partial charge in [-0.15, -0.1) is 0 Å². The molecule has 2 rings (SSSR count). The minimum absolute atomic E-state index is 0.285. The lowest BCUT2D eigenvalue weighted by molar-refractivity contribution is 0.0473. The SMILES string of the molecule is COc1ccc(OC)c(C(=O)COC(=O)c2cccnc2)c1. The molecule has 1 aromatic carbocycles. The molecule has 0 aliphatic carbocycles. The lowest BCUT2D eigenvalue weighted by atomic mass is 10.1. The number of rotatable bonds is 6. The standard InChI is InChI=1S/C16H15NO5/c1-20-12-5-6-15(21-2)13(8-12)14(18)10-22-16(19)11-4-3-7-17-9-11/h3-9H,10H2,1-2H3. The monoisotopic (exact) mass is 301 g/mol. The second-order valence-corrected chi connectivity index (χ2v) is 4.31. The highest BCUT2D eigenvalue weighted by Crippen LogP contribution is 2.24. The van der Waals surface area contributed by atoms with E-state index >= 15 is 0 Å². The lowest BCUT2D eigenvalue weighted by Gasteiger charge is -2.10. The van der Waals surface area contributed by atoms with E-state index in [0.717, 1.165) is 0 Å². The van der Waals surface area contributed by atoms with E-state index in [1.165, 1.54) is 20.4 Å². The Morgan fingerprint density at radius 3 is 2.59 bits per heavy atom. The van der Waals surface area contributed by atoms with Crippen LogP contribution in [-0.2, 0) is 4.74 Å². The van der Waals surface area contributed by atoms with Crippen molar-refractivity contribution in [2.45, 2.75) is 0 Å². The summed E-state index contributed by atoms with van der Waals surface area (Å²) in [7, 11) is 2.96. The van der Waals surface area contributed by atoms with Crippen LogP contribution in [0.1, 0.15) is 20.7 Å². The number of hydrogen-bond donors (Lipinski definition) is 0. The fourth-order valence-corrected chi connectivity index (χ4v) is 1.81. The van der Waals surface area contributed by atoms with Gasteiger partial charge in [-0.1, -0.05) is 0 Å². The molecule has 0 saturated carbocycles. The Morgan fingerprint density at radius 1 is 1.14 bits per heavy atom. The van der Waals surface area contributed by atoms with Crippen molar-refractivity contribution in [2.75, 3.05) is 20.8 Å². The van der Waals surface area contributed by atoms with Crippen LogP contribution in [0, 0.1) is 0 Å². The summed E-state index contributed by atoms with van der Waals surface area (Å²) in [4.78, 5) is 27.8. The van der Waals surface area contributed by atoms with Gasteiger partial charge in [0.1, 0.15) is 11.5 Å². The molecular formula is C16H15NO5. The average molecular weight is 301 g/mol. The number of ether oxygens (including phenoxy) is 3. The van der Waals surface area contributed by atoms with Crippen molar-refractivity contribution in [1.82, 2.24) is 4.98 Å². The van der Waals surface area contributed by atoms with E-state index in [-0.39, 0.29) is 11.3 Å². The number of Topliss-reactive ketones (excluding diaryl/α,β-unsaturated/α-hetero) is 1. The Hall–Kier alpha value is -2.89. The number of aromatic nitrogens is 1. The average Bonchev–Trinajstić information content (AvgIpc) is 2.59. The summed E-state index contributed by atoms with van der Waals surface area (Å²) in [5.74, 6) is -0.0812. The van der Waals surface area contributed by atoms with Gasteiger partial charge in [0.2, 0.25) is 5.78 Å². The molecule has 2 aromatic rings. The molecule has 0 saturated heterocycles. The number of carbonyl (C=O) groups is 2. The lowest BCUT2D eigenvalue weighted by Crippen LogP contribution is -2.15. The molecule has 0 fully saturated rings. The van der Waals surface area contributed by atoms with Crippen molar-refractivity contribution in [3.63, 3.8) is 0 Å². The normalized spacial score (nSPS) is 9.91. The molecule has 0 unspecified atom stereocenters. The smallest absolute Gasteiger partial charge is 0.340 e. The number of pyridine rings is 1. The zero-order valence-electron chi connectivity index (χ0n) is 12.2. The molecule has 0 amide bonds. The van der Waals surface area contributed by atoms with E-state index in [2.05, 4.69) is 4.98 Å². The van der Waals surface area contributed by atoms with Gasteiger partial charge in [-0.3, -0.25) is 9.78 Å². The number of benzene rings is 1. The fraction of sp³-hybridized carbons (Fsp3) is 0.188. The Labute approximate surface area is 127 Å². The van der Waals surface area contributed by atoms with Crippen molar-refractivity contribution in [3.8, 4) is 11.5 Å². The second kappa shape index (κ2) is 7.21. The highest BCUT2D eigenvalue weighted by atomic mass is 16.5. The van der Waals surface area contributed by atoms with E-state index in [1.807, 2.05) is 0 Å². The highest BCUT2D eigenvalue weighted by Gasteiger charge is 2.16. The van der Waals surface area contributed by atoms with Crippen LogP contribution in [-0.4, -0.2) is 37.6 Å². The summed E-state index contributed by atoms with van der Waals surface area (Å²) >= 11 is 0. The minimum atomic E-state index is -0.608. The molecule has 0 aliphatic heterocycles. The molecule has 6 nitrogen and oxygen atoms in total. The third kappa shape index (κ3) is 3.60. The predicted octanol–water partition coefficient (Wildman–Crippen LogP) is 2.14. The molecule has 1 aromatic heterocycles. The van der Waals surface area contributed by atoms with Gasteiger partial charge in [-0.2, -0.15) is 0 Å². The van der Waals surface area contributed by atoms with Crippen molar-refractivity contribution < 1.29 is 23.8 Å². The Kier molecular flexibility index (Phi) is 5.08. The van der Waals surface area contributed by atoms with Gasteiger partial charge in [0.25, 0.3) is 0 Å². The van der Waals surface area contributed by atoms with Crippen molar-refractivity contribution >= 4 is 11.8 Å². The first-order chi connectivity index (χ1) is 10.7. The van der Waals surface area contributed by atoms with Crippen LogP contribution in [0.4, 0.5) is 0 Å². The number of carbonyl (C=O) groups excluding carboxylic acids is 2. The topological polar surface area (TPSA) is 74.7 Å². The molecule has 0 radical (unpaired) electrons. The molecule has 22 heavy (non-hydrogen) atoms. The van der Waals surface area contributed by atoms with Crippen LogP contribution >= 0.6 is 0 Å². The number of nitrogens with zero attached hydrogens (tertiary/aromatic N) is 1. The predicted molar refractivity (Wildman–Crippen MR) is 78.4 cm³/mol. The van der Waals surface area contributed by atoms with Crippen LogP contribution in [0.3, 0.4) is 0 Å². The van der Waals surface area contributed by atoms with Gasteiger partial charge in [-0.25, -0.2) is 4.79 Å². The maximum atomic E-state index is 12.2. The summed E-state index contributed by atoms with van der Waals surface area (Å²) in [5.41, 5.74) is 0.578. The van der Waals surface area contributed by atoms with Crippen LogP contribution in [0.25, 0.3) is 0 Å². The Bertz CT molecular complexity index is 669. The van der Waals surface area contributed by atoms with E-state index in [9.17, 15) is 9.59 Å². The van der Waals surface area contributed by atoms with Crippen LogP contribution in [0.15, 0.2) is 42.7 Å². The van der Waals surface area contributed by atoms with Crippen molar-refractivity contribution in [3.05, 3.63) is 53.9 Å². The number of esters is 1. The van der Waals surface area contributed by atoms with E-state index < -0.39 is 12.6 Å². The summed E-state index contributed by atoms with van der Waals surface area (Å²) in [6.07, 6.45) is 2.92. The van der Waals surface area contributed by atoms with Gasteiger partial charge < -0.3 is 14.2 Å². The molecule has 1 heterocycles. The van der Waals surface area contributed by atoms with Gasteiger partial charge >= 0.3 is 5.97 Å². The largest absolute Gasteiger partial charge is 0.497 e.